The van der Waals surface area contributed by atoms with Gasteiger partial charge in [-0.05, 0) is 30.4 Å². The number of nitrogens with zero attached hydrogens (tertiary/aromatic N) is 4. The minimum Gasteiger partial charge on any atom is -0.382 e. The van der Waals surface area contributed by atoms with Gasteiger partial charge < -0.3 is 15.6 Å². The van der Waals surface area contributed by atoms with Crippen molar-refractivity contribution in [2.75, 3.05) is 17.6 Å². The molecule has 0 bridgehead atoms. The molecule has 2 heterocycles. The van der Waals surface area contributed by atoms with Crippen molar-refractivity contribution in [3.63, 3.8) is 0 Å². The fraction of sp³-hybridized carbons (Fsp3) is 0.227. The lowest BCUT2D eigenvalue weighted by Gasteiger charge is -2.08. The Kier molecular flexibility index (Phi) is 5.47. The molecule has 28 heavy (non-hydrogen) atoms. The summed E-state index contributed by atoms with van der Waals surface area (Å²) in [4.78, 5) is 13.4. The monoisotopic (exact) mass is 372 g/mol. The average Bonchev–Trinajstić information content (AvgIpc) is 3.15. The molecule has 3 N–H and O–H groups in total. The van der Waals surface area contributed by atoms with Gasteiger partial charge in [-0.2, -0.15) is 9.97 Å². The Balaban J connectivity index is 1.41. The Morgan fingerprint density at radius 1 is 0.857 bits per heavy atom. The van der Waals surface area contributed by atoms with Gasteiger partial charge in [0.1, 0.15) is 5.52 Å². The molecule has 4 aromatic rings. The summed E-state index contributed by atoms with van der Waals surface area (Å²) in [6.45, 7) is 1.59. The molecule has 0 saturated heterocycles. The first kappa shape index (κ1) is 18.0. The van der Waals surface area contributed by atoms with Crippen molar-refractivity contribution in [3.8, 4) is 0 Å². The Labute approximate surface area is 164 Å². The van der Waals surface area contributed by atoms with Crippen molar-refractivity contribution >= 4 is 22.9 Å². The maximum Gasteiger partial charge on any atom is 0.226 e. The molecule has 0 amide bonds. The minimum absolute atomic E-state index is 0.411. The number of hydrogen-bond acceptors (Lipinski definition) is 5. The summed E-state index contributed by atoms with van der Waals surface area (Å²) in [5.41, 5.74) is 10.1. The zero-order valence-corrected chi connectivity index (χ0v) is 15.8. The molecule has 0 aliphatic carbocycles. The highest BCUT2D eigenvalue weighted by molar-refractivity contribution is 5.82. The largest absolute Gasteiger partial charge is 0.382 e. The normalized spacial score (nSPS) is 11.0. The number of anilines is 2. The number of hydrogen-bond donors (Lipinski definition) is 2. The molecule has 6 nitrogen and oxygen atoms in total. The minimum atomic E-state index is 0.411. The second-order valence-corrected chi connectivity index (χ2v) is 6.79. The Morgan fingerprint density at radius 3 is 2.25 bits per heavy atom. The number of fused-ring (bicyclic) bond motifs is 1. The molecule has 2 aromatic heterocycles. The van der Waals surface area contributed by atoms with Crippen molar-refractivity contribution in [1.29, 1.82) is 0 Å². The van der Waals surface area contributed by atoms with Crippen LogP contribution >= 0.6 is 0 Å². The molecular formula is C22H24N6. The number of benzene rings is 2. The van der Waals surface area contributed by atoms with Gasteiger partial charge in [0.2, 0.25) is 5.95 Å². The number of nitrogen functional groups attached to an aromatic ring is 1. The summed E-state index contributed by atoms with van der Waals surface area (Å²) in [5.74, 6) is 0.966. The molecule has 0 atom stereocenters. The smallest absolute Gasteiger partial charge is 0.226 e. The van der Waals surface area contributed by atoms with Gasteiger partial charge in [-0.3, -0.25) is 0 Å². The van der Waals surface area contributed by atoms with Crippen LogP contribution in [0.25, 0.3) is 11.2 Å². The van der Waals surface area contributed by atoms with E-state index in [1.807, 2.05) is 16.7 Å². The molecule has 0 spiro atoms. The van der Waals surface area contributed by atoms with Gasteiger partial charge in [-0.15, -0.1) is 0 Å². The first-order valence-corrected chi connectivity index (χ1v) is 9.59. The van der Waals surface area contributed by atoms with E-state index in [1.165, 1.54) is 11.1 Å². The lowest BCUT2D eigenvalue weighted by Crippen LogP contribution is -2.09. The molecule has 0 radical (unpaired) electrons. The van der Waals surface area contributed by atoms with Crippen molar-refractivity contribution in [2.45, 2.75) is 25.8 Å². The molecule has 142 valence electrons. The van der Waals surface area contributed by atoms with Gasteiger partial charge in [-0.25, -0.2) is 4.98 Å². The Bertz CT molecular complexity index is 1030. The fourth-order valence-electron chi connectivity index (χ4n) is 3.24. The molecule has 0 saturated carbocycles. The first-order chi connectivity index (χ1) is 13.8. The first-order valence-electron chi connectivity index (χ1n) is 9.59. The summed E-state index contributed by atoms with van der Waals surface area (Å²) in [6.07, 6.45) is 4.72. The van der Waals surface area contributed by atoms with E-state index in [0.29, 0.717) is 17.3 Å². The Hall–Kier alpha value is -3.41. The van der Waals surface area contributed by atoms with E-state index >= 15 is 0 Å². The standard InChI is InChI=1S/C22H24N6/c23-20-19-21(28(16-25-19)15-13-18-10-5-2-6-11-18)27-22(26-20)24-14-7-12-17-8-3-1-4-9-17/h1-6,8-11,16H,7,12-15H2,(H3,23,24,26,27). The Morgan fingerprint density at radius 2 is 1.54 bits per heavy atom. The van der Waals surface area contributed by atoms with Crippen LogP contribution in [0.1, 0.15) is 17.5 Å². The van der Waals surface area contributed by atoms with Gasteiger partial charge in [0.15, 0.2) is 11.5 Å². The summed E-state index contributed by atoms with van der Waals surface area (Å²) < 4.78 is 2.04. The molecule has 2 aromatic carbocycles. The van der Waals surface area contributed by atoms with E-state index < -0.39 is 0 Å². The van der Waals surface area contributed by atoms with Gasteiger partial charge in [0, 0.05) is 13.1 Å². The van der Waals surface area contributed by atoms with Crippen molar-refractivity contribution in [3.05, 3.63) is 78.1 Å². The van der Waals surface area contributed by atoms with E-state index in [9.17, 15) is 0 Å². The summed E-state index contributed by atoms with van der Waals surface area (Å²) in [6, 6.07) is 20.8. The SMILES string of the molecule is Nc1nc(NCCCc2ccccc2)nc2c1ncn2CCc1ccccc1. The summed E-state index contributed by atoms with van der Waals surface area (Å²) in [5, 5.41) is 3.30. The zero-order valence-electron chi connectivity index (χ0n) is 15.8. The predicted molar refractivity (Wildman–Crippen MR) is 113 cm³/mol. The maximum absolute atomic E-state index is 6.11. The fourth-order valence-corrected chi connectivity index (χ4v) is 3.24. The van der Waals surface area contributed by atoms with Crippen molar-refractivity contribution < 1.29 is 0 Å². The second-order valence-electron chi connectivity index (χ2n) is 6.79. The summed E-state index contributed by atoms with van der Waals surface area (Å²) in [7, 11) is 0. The van der Waals surface area contributed by atoms with Gasteiger partial charge in [0.05, 0.1) is 6.33 Å². The van der Waals surface area contributed by atoms with Crippen molar-refractivity contribution in [1.82, 2.24) is 19.5 Å². The molecule has 0 aliphatic rings. The molecular weight excluding hydrogens is 348 g/mol. The lowest BCUT2D eigenvalue weighted by molar-refractivity contribution is 0.709. The molecule has 6 heteroatoms. The molecule has 0 fully saturated rings. The van der Waals surface area contributed by atoms with Crippen molar-refractivity contribution in [2.24, 2.45) is 0 Å². The highest BCUT2D eigenvalue weighted by Crippen LogP contribution is 2.19. The average molecular weight is 372 g/mol. The molecule has 4 rings (SSSR count). The number of nitrogens with two attached hydrogens (primary N) is 1. The van der Waals surface area contributed by atoms with Gasteiger partial charge in [-0.1, -0.05) is 60.7 Å². The highest BCUT2D eigenvalue weighted by atomic mass is 15.2. The van der Waals surface area contributed by atoms with Crippen LogP contribution in [0.2, 0.25) is 0 Å². The number of aryl methyl sites for hydroxylation is 3. The quantitative estimate of drug-likeness (QED) is 0.461. The number of nitrogens with one attached hydrogen (secondary N) is 1. The van der Waals surface area contributed by atoms with Gasteiger partial charge >= 0.3 is 0 Å². The van der Waals surface area contributed by atoms with Crippen LogP contribution in [0.3, 0.4) is 0 Å². The highest BCUT2D eigenvalue weighted by Gasteiger charge is 2.11. The molecule has 0 unspecified atom stereocenters. The molecule has 0 aliphatic heterocycles. The third-order valence-electron chi connectivity index (χ3n) is 4.74. The van der Waals surface area contributed by atoms with E-state index in [2.05, 4.69) is 68.8 Å². The van der Waals surface area contributed by atoms with Crippen LogP contribution < -0.4 is 11.1 Å². The van der Waals surface area contributed by atoms with Gasteiger partial charge in [0.25, 0.3) is 0 Å². The van der Waals surface area contributed by atoms with Crippen LogP contribution in [0.4, 0.5) is 11.8 Å². The second kappa shape index (κ2) is 8.52. The van der Waals surface area contributed by atoms with Crippen LogP contribution in [0.15, 0.2) is 67.0 Å². The topological polar surface area (TPSA) is 81.7 Å². The summed E-state index contributed by atoms with van der Waals surface area (Å²) >= 11 is 0. The third-order valence-corrected chi connectivity index (χ3v) is 4.74. The number of aromatic nitrogens is 4. The number of rotatable bonds is 8. The van der Waals surface area contributed by atoms with Crippen LogP contribution in [-0.2, 0) is 19.4 Å². The maximum atomic E-state index is 6.11. The van der Waals surface area contributed by atoms with E-state index in [1.54, 1.807) is 6.33 Å². The predicted octanol–water partition coefficient (Wildman–Crippen LogP) is 3.70. The van der Waals surface area contributed by atoms with Crippen LogP contribution in [0.5, 0.6) is 0 Å². The zero-order chi connectivity index (χ0) is 19.2. The van der Waals surface area contributed by atoms with E-state index in [4.69, 9.17) is 5.73 Å². The van der Waals surface area contributed by atoms with E-state index in [-0.39, 0.29) is 0 Å². The van der Waals surface area contributed by atoms with Crippen LogP contribution in [0, 0.1) is 0 Å². The van der Waals surface area contributed by atoms with Crippen LogP contribution in [-0.4, -0.2) is 26.1 Å². The van der Waals surface area contributed by atoms with E-state index in [0.717, 1.165) is 38.0 Å². The number of imidazole rings is 1. The third kappa shape index (κ3) is 4.28. The lowest BCUT2D eigenvalue weighted by atomic mass is 10.1.